The first-order valence-electron chi connectivity index (χ1n) is 8.49. The lowest BCUT2D eigenvalue weighted by molar-refractivity contribution is 0.0629. The van der Waals surface area contributed by atoms with Gasteiger partial charge in [0.15, 0.2) is 0 Å². The molecule has 2 heterocycles. The molecule has 0 radical (unpaired) electrons. The highest BCUT2D eigenvalue weighted by Gasteiger charge is 2.20. The van der Waals surface area contributed by atoms with Crippen LogP contribution in [0.1, 0.15) is 32.6 Å². The Morgan fingerprint density at radius 2 is 1.91 bits per heavy atom. The van der Waals surface area contributed by atoms with E-state index >= 15 is 0 Å². The Balaban J connectivity index is 1.56. The first-order valence-corrected chi connectivity index (χ1v) is 8.49. The lowest BCUT2D eigenvalue weighted by atomic mass is 9.93. The zero-order valence-electron chi connectivity index (χ0n) is 13.4. The van der Waals surface area contributed by atoms with Gasteiger partial charge in [0.05, 0.1) is 18.9 Å². The maximum atomic E-state index is 6.09. The van der Waals surface area contributed by atoms with Crippen LogP contribution in [0.3, 0.4) is 0 Å². The second kappa shape index (κ2) is 7.84. The summed E-state index contributed by atoms with van der Waals surface area (Å²) in [6, 6.07) is 8.67. The third-order valence-corrected chi connectivity index (χ3v) is 4.50. The molecule has 0 aromatic heterocycles. The van der Waals surface area contributed by atoms with Gasteiger partial charge in [0, 0.05) is 25.7 Å². The first-order chi connectivity index (χ1) is 10.8. The summed E-state index contributed by atoms with van der Waals surface area (Å²) in [5, 5.41) is 3.63. The highest BCUT2D eigenvalue weighted by molar-refractivity contribution is 5.56. The maximum absolute atomic E-state index is 6.09. The van der Waals surface area contributed by atoms with Gasteiger partial charge in [-0.15, -0.1) is 0 Å². The number of para-hydroxylation sites is 2. The number of rotatable bonds is 6. The molecule has 2 saturated heterocycles. The molecule has 4 heteroatoms. The molecule has 22 heavy (non-hydrogen) atoms. The van der Waals surface area contributed by atoms with Crippen molar-refractivity contribution >= 4 is 5.69 Å². The van der Waals surface area contributed by atoms with Gasteiger partial charge in [0.1, 0.15) is 11.9 Å². The normalized spacial score (nSPS) is 24.1. The Morgan fingerprint density at radius 3 is 2.68 bits per heavy atom. The fourth-order valence-corrected chi connectivity index (χ4v) is 3.28. The molecule has 1 N–H and O–H groups in total. The van der Waals surface area contributed by atoms with Crippen LogP contribution < -0.4 is 10.1 Å². The van der Waals surface area contributed by atoms with E-state index in [1.165, 1.54) is 19.3 Å². The molecule has 0 amide bonds. The van der Waals surface area contributed by atoms with E-state index in [0.29, 0.717) is 12.6 Å². The topological polar surface area (TPSA) is 39.7 Å². The van der Waals surface area contributed by atoms with Crippen LogP contribution in [-0.4, -0.2) is 38.6 Å². The van der Waals surface area contributed by atoms with Crippen molar-refractivity contribution in [2.24, 2.45) is 5.92 Å². The van der Waals surface area contributed by atoms with E-state index in [1.54, 1.807) is 0 Å². The summed E-state index contributed by atoms with van der Waals surface area (Å²) in [5.41, 5.74) is 1.09. The quantitative estimate of drug-likeness (QED) is 0.873. The fraction of sp³-hybridized carbons (Fsp3) is 0.667. The summed E-state index contributed by atoms with van der Waals surface area (Å²) in [6.07, 6.45) is 4.72. The molecular formula is C18H27NO3. The summed E-state index contributed by atoms with van der Waals surface area (Å²) in [6.45, 7) is 5.59. The smallest absolute Gasteiger partial charge is 0.142 e. The average Bonchev–Trinajstić information content (AvgIpc) is 3.03. The van der Waals surface area contributed by atoms with Crippen molar-refractivity contribution in [1.82, 2.24) is 0 Å². The van der Waals surface area contributed by atoms with Crippen molar-refractivity contribution < 1.29 is 14.2 Å². The zero-order chi connectivity index (χ0) is 15.2. The molecule has 122 valence electrons. The predicted molar refractivity (Wildman–Crippen MR) is 87.5 cm³/mol. The van der Waals surface area contributed by atoms with Gasteiger partial charge in [-0.1, -0.05) is 12.1 Å². The van der Waals surface area contributed by atoms with Gasteiger partial charge in [0.2, 0.25) is 0 Å². The van der Waals surface area contributed by atoms with Crippen molar-refractivity contribution in [3.05, 3.63) is 24.3 Å². The third kappa shape index (κ3) is 4.37. The second-order valence-electron chi connectivity index (χ2n) is 6.44. The minimum atomic E-state index is 0.189. The highest BCUT2D eigenvalue weighted by Crippen LogP contribution is 2.29. The van der Waals surface area contributed by atoms with E-state index in [1.807, 2.05) is 12.1 Å². The molecule has 2 aliphatic rings. The van der Waals surface area contributed by atoms with Gasteiger partial charge >= 0.3 is 0 Å². The summed E-state index contributed by atoms with van der Waals surface area (Å²) in [5.74, 6) is 1.71. The first kappa shape index (κ1) is 15.6. The molecule has 3 rings (SSSR count). The van der Waals surface area contributed by atoms with Crippen LogP contribution in [0.25, 0.3) is 0 Å². The third-order valence-electron chi connectivity index (χ3n) is 4.50. The van der Waals surface area contributed by atoms with Crippen LogP contribution >= 0.6 is 0 Å². The minimum absolute atomic E-state index is 0.189. The highest BCUT2D eigenvalue weighted by atomic mass is 16.5. The number of nitrogens with one attached hydrogen (secondary N) is 1. The van der Waals surface area contributed by atoms with Crippen molar-refractivity contribution in [3.8, 4) is 5.75 Å². The van der Waals surface area contributed by atoms with Crippen LogP contribution in [0.2, 0.25) is 0 Å². The van der Waals surface area contributed by atoms with Gasteiger partial charge in [-0.25, -0.2) is 0 Å². The monoisotopic (exact) mass is 305 g/mol. The number of benzene rings is 1. The van der Waals surface area contributed by atoms with E-state index in [-0.39, 0.29) is 6.10 Å². The second-order valence-corrected chi connectivity index (χ2v) is 6.44. The van der Waals surface area contributed by atoms with Crippen molar-refractivity contribution in [3.63, 3.8) is 0 Å². The molecule has 0 bridgehead atoms. The van der Waals surface area contributed by atoms with Crippen LogP contribution in [0, 0.1) is 5.92 Å². The molecule has 0 aliphatic carbocycles. The summed E-state index contributed by atoms with van der Waals surface area (Å²) >= 11 is 0. The van der Waals surface area contributed by atoms with Gasteiger partial charge in [0.25, 0.3) is 0 Å². The predicted octanol–water partition coefficient (Wildman–Crippen LogP) is 3.47. The lowest BCUT2D eigenvalue weighted by Crippen LogP contribution is -2.24. The van der Waals surface area contributed by atoms with E-state index in [2.05, 4.69) is 24.4 Å². The fourth-order valence-electron chi connectivity index (χ4n) is 3.28. The van der Waals surface area contributed by atoms with Gasteiger partial charge in [-0.05, 0) is 44.2 Å². The number of hydrogen-bond acceptors (Lipinski definition) is 4. The summed E-state index contributed by atoms with van der Waals surface area (Å²) in [4.78, 5) is 0. The van der Waals surface area contributed by atoms with Gasteiger partial charge < -0.3 is 19.5 Å². The molecule has 0 saturated carbocycles. The molecular weight excluding hydrogens is 278 g/mol. The molecule has 4 nitrogen and oxygen atoms in total. The van der Waals surface area contributed by atoms with Crippen molar-refractivity contribution in [2.75, 3.05) is 31.7 Å². The van der Waals surface area contributed by atoms with E-state index in [0.717, 1.165) is 43.6 Å². The molecule has 2 fully saturated rings. The van der Waals surface area contributed by atoms with Crippen LogP contribution in [0.5, 0.6) is 5.75 Å². The number of ether oxygens (including phenoxy) is 3. The Labute approximate surface area is 133 Å². The molecule has 0 unspecified atom stereocenters. The molecule has 0 spiro atoms. The van der Waals surface area contributed by atoms with E-state index in [9.17, 15) is 0 Å². The molecule has 1 aromatic rings. The Kier molecular flexibility index (Phi) is 5.57. The zero-order valence-corrected chi connectivity index (χ0v) is 13.4. The standard InChI is InChI=1S/C18H27NO3/c1-14(12-15-6-9-20-10-7-15)19-17-4-2-3-5-18(17)22-16-8-11-21-13-16/h2-5,14-16,19H,6-13H2,1H3/t14-,16+/m1/s1. The lowest BCUT2D eigenvalue weighted by Gasteiger charge is -2.26. The largest absolute Gasteiger partial charge is 0.486 e. The van der Waals surface area contributed by atoms with Gasteiger partial charge in [-0.2, -0.15) is 0 Å². The van der Waals surface area contributed by atoms with Crippen LogP contribution in [0.15, 0.2) is 24.3 Å². The minimum Gasteiger partial charge on any atom is -0.486 e. The summed E-state index contributed by atoms with van der Waals surface area (Å²) in [7, 11) is 0. The Bertz CT molecular complexity index is 453. The van der Waals surface area contributed by atoms with Crippen LogP contribution in [-0.2, 0) is 9.47 Å². The number of anilines is 1. The SMILES string of the molecule is C[C@H](CC1CCOCC1)Nc1ccccc1O[C@H]1CCOC1. The Hall–Kier alpha value is -1.26. The van der Waals surface area contributed by atoms with E-state index in [4.69, 9.17) is 14.2 Å². The molecule has 2 atom stereocenters. The number of hydrogen-bond donors (Lipinski definition) is 1. The van der Waals surface area contributed by atoms with Crippen molar-refractivity contribution in [2.45, 2.75) is 44.8 Å². The molecule has 1 aromatic carbocycles. The average molecular weight is 305 g/mol. The van der Waals surface area contributed by atoms with E-state index < -0.39 is 0 Å². The Morgan fingerprint density at radius 1 is 1.14 bits per heavy atom. The maximum Gasteiger partial charge on any atom is 0.142 e. The molecule has 2 aliphatic heterocycles. The van der Waals surface area contributed by atoms with Crippen LogP contribution in [0.4, 0.5) is 5.69 Å². The summed E-state index contributed by atoms with van der Waals surface area (Å²) < 4.78 is 16.9. The van der Waals surface area contributed by atoms with Gasteiger partial charge in [-0.3, -0.25) is 0 Å². The van der Waals surface area contributed by atoms with Crippen molar-refractivity contribution in [1.29, 1.82) is 0 Å².